The summed E-state index contributed by atoms with van der Waals surface area (Å²) in [5, 5.41) is 13.5. The van der Waals surface area contributed by atoms with Crippen LogP contribution in [-0.4, -0.2) is 17.0 Å². The number of esters is 1. The van der Waals surface area contributed by atoms with E-state index in [1.165, 1.54) is 25.1 Å². The van der Waals surface area contributed by atoms with E-state index >= 15 is 0 Å². The Morgan fingerprint density at radius 1 is 1.00 bits per heavy atom. The maximum atomic E-state index is 11.9. The van der Waals surface area contributed by atoms with Crippen molar-refractivity contribution in [2.24, 2.45) is 0 Å². The van der Waals surface area contributed by atoms with Crippen molar-refractivity contribution in [3.8, 4) is 0 Å². The van der Waals surface area contributed by atoms with E-state index in [1.54, 1.807) is 30.3 Å². The minimum absolute atomic E-state index is 0.00986. The number of carbonyl (C=O) groups excluding carboxylic acids is 2. The summed E-state index contributed by atoms with van der Waals surface area (Å²) in [5.74, 6) is -0.436. The topological polar surface area (TPSA) is 108 Å². The highest BCUT2D eigenvalue weighted by Crippen LogP contribution is 2.20. The maximum Gasteiger partial charge on any atom is 0.411 e. The zero-order valence-electron chi connectivity index (χ0n) is 13.4. The fraction of sp³-hybridized carbons (Fsp3) is 0.176. The largest absolute Gasteiger partial charge is 0.461 e. The molecular weight excluding hydrogens is 328 g/mol. The summed E-state index contributed by atoms with van der Waals surface area (Å²) in [6, 6.07) is 12.8. The van der Waals surface area contributed by atoms with E-state index in [0.717, 1.165) is 0 Å². The van der Waals surface area contributed by atoms with Gasteiger partial charge in [-0.3, -0.25) is 20.2 Å². The monoisotopic (exact) mass is 344 g/mol. The summed E-state index contributed by atoms with van der Waals surface area (Å²) in [4.78, 5) is 33.3. The highest BCUT2D eigenvalue weighted by molar-refractivity contribution is 5.85. The second-order valence-electron chi connectivity index (χ2n) is 5.02. The smallest absolute Gasteiger partial charge is 0.411 e. The van der Waals surface area contributed by atoms with Crippen LogP contribution in [-0.2, 0) is 27.5 Å². The summed E-state index contributed by atoms with van der Waals surface area (Å²) < 4.78 is 9.96. The zero-order valence-corrected chi connectivity index (χ0v) is 13.4. The first-order valence-electron chi connectivity index (χ1n) is 7.34. The van der Waals surface area contributed by atoms with E-state index in [1.807, 2.05) is 0 Å². The van der Waals surface area contributed by atoms with Crippen LogP contribution < -0.4 is 5.32 Å². The van der Waals surface area contributed by atoms with Gasteiger partial charge in [0, 0.05) is 18.6 Å². The first-order valence-corrected chi connectivity index (χ1v) is 7.34. The van der Waals surface area contributed by atoms with Crippen molar-refractivity contribution in [1.29, 1.82) is 0 Å². The number of nitrogens with zero attached hydrogens (tertiary/aromatic N) is 1. The molecule has 2 aromatic carbocycles. The van der Waals surface area contributed by atoms with Gasteiger partial charge in [0.2, 0.25) is 0 Å². The van der Waals surface area contributed by atoms with Crippen LogP contribution >= 0.6 is 0 Å². The van der Waals surface area contributed by atoms with Gasteiger partial charge < -0.3 is 9.47 Å². The van der Waals surface area contributed by atoms with Crippen molar-refractivity contribution in [1.82, 2.24) is 0 Å². The number of amides is 1. The Morgan fingerprint density at radius 2 is 1.60 bits per heavy atom. The molecule has 0 aliphatic rings. The molecule has 0 radical (unpaired) electrons. The summed E-state index contributed by atoms with van der Waals surface area (Å²) in [6.07, 6.45) is -0.770. The van der Waals surface area contributed by atoms with E-state index < -0.39 is 17.0 Å². The summed E-state index contributed by atoms with van der Waals surface area (Å²) in [7, 11) is 0. The van der Waals surface area contributed by atoms with Gasteiger partial charge in [-0.05, 0) is 12.1 Å². The predicted octanol–water partition coefficient (Wildman–Crippen LogP) is 3.41. The molecule has 0 aliphatic heterocycles. The molecule has 2 rings (SSSR count). The Kier molecular flexibility index (Phi) is 6.05. The van der Waals surface area contributed by atoms with Crippen LogP contribution in [0.3, 0.4) is 0 Å². The Bertz CT molecular complexity index is 790. The fourth-order valence-electron chi connectivity index (χ4n) is 2.05. The normalized spacial score (nSPS) is 9.96. The molecule has 0 spiro atoms. The lowest BCUT2D eigenvalue weighted by atomic mass is 10.2. The van der Waals surface area contributed by atoms with Gasteiger partial charge >= 0.3 is 12.1 Å². The number of ether oxygens (including phenoxy) is 2. The molecule has 2 aromatic rings. The van der Waals surface area contributed by atoms with Crippen LogP contribution in [0.25, 0.3) is 0 Å². The number of nitrogens with one attached hydrogen (secondary N) is 1. The van der Waals surface area contributed by atoms with Crippen molar-refractivity contribution in [3.05, 3.63) is 69.8 Å². The maximum absolute atomic E-state index is 11.9. The van der Waals surface area contributed by atoms with Crippen LogP contribution in [0.15, 0.2) is 48.5 Å². The standard InChI is InChI=1S/C17H16N2O6/c1-12(20)24-10-13-6-2-4-8-15(13)18-17(21)25-11-14-7-3-5-9-16(14)19(22)23/h2-9H,10-11H2,1H3,(H,18,21). The lowest BCUT2D eigenvalue weighted by Crippen LogP contribution is -2.15. The number of para-hydroxylation sites is 2. The van der Waals surface area contributed by atoms with Crippen molar-refractivity contribution in [2.75, 3.05) is 5.32 Å². The minimum atomic E-state index is -0.770. The molecule has 0 atom stereocenters. The molecule has 130 valence electrons. The number of anilines is 1. The van der Waals surface area contributed by atoms with Gasteiger partial charge in [0.1, 0.15) is 13.2 Å². The molecule has 25 heavy (non-hydrogen) atoms. The van der Waals surface area contributed by atoms with Gasteiger partial charge in [0.25, 0.3) is 5.69 Å². The molecule has 0 fully saturated rings. The number of rotatable bonds is 6. The molecule has 8 heteroatoms. The van der Waals surface area contributed by atoms with Crippen LogP contribution in [0.2, 0.25) is 0 Å². The second-order valence-corrected chi connectivity index (χ2v) is 5.02. The first-order chi connectivity index (χ1) is 12.0. The molecule has 8 nitrogen and oxygen atoms in total. The molecule has 0 heterocycles. The number of hydrogen-bond acceptors (Lipinski definition) is 6. The summed E-state index contributed by atoms with van der Waals surface area (Å²) >= 11 is 0. The van der Waals surface area contributed by atoms with Crippen molar-refractivity contribution in [3.63, 3.8) is 0 Å². The Hall–Kier alpha value is -3.42. The first kappa shape index (κ1) is 17.9. The van der Waals surface area contributed by atoms with Crippen molar-refractivity contribution < 1.29 is 24.0 Å². The van der Waals surface area contributed by atoms with Crippen molar-refractivity contribution >= 4 is 23.4 Å². The zero-order chi connectivity index (χ0) is 18.2. The molecule has 0 saturated carbocycles. The van der Waals surface area contributed by atoms with Crippen molar-refractivity contribution in [2.45, 2.75) is 20.1 Å². The molecule has 0 aromatic heterocycles. The molecule has 0 unspecified atom stereocenters. The number of nitro benzene ring substituents is 1. The predicted molar refractivity (Wildman–Crippen MR) is 88.8 cm³/mol. The molecule has 1 amide bonds. The minimum Gasteiger partial charge on any atom is -0.461 e. The van der Waals surface area contributed by atoms with E-state index in [2.05, 4.69) is 5.32 Å². The molecule has 0 aliphatic carbocycles. The van der Waals surface area contributed by atoms with Crippen LogP contribution in [0, 0.1) is 10.1 Å². The molecule has 0 bridgehead atoms. The number of carbonyl (C=O) groups is 2. The van der Waals surface area contributed by atoms with E-state index in [4.69, 9.17) is 9.47 Å². The van der Waals surface area contributed by atoms with Crippen LogP contribution in [0.5, 0.6) is 0 Å². The highest BCUT2D eigenvalue weighted by Gasteiger charge is 2.15. The average molecular weight is 344 g/mol. The number of hydrogen-bond donors (Lipinski definition) is 1. The van der Waals surface area contributed by atoms with E-state index in [0.29, 0.717) is 11.3 Å². The fourth-order valence-corrected chi connectivity index (χ4v) is 2.05. The Labute approximate surface area is 143 Å². The third-order valence-electron chi connectivity index (χ3n) is 3.23. The summed E-state index contributed by atoms with van der Waals surface area (Å²) in [6.45, 7) is 1.06. The van der Waals surface area contributed by atoms with Gasteiger partial charge in [-0.25, -0.2) is 4.79 Å². The molecular formula is C17H16N2O6. The lowest BCUT2D eigenvalue weighted by molar-refractivity contribution is -0.385. The van der Waals surface area contributed by atoms with Gasteiger partial charge in [0.05, 0.1) is 16.2 Å². The van der Waals surface area contributed by atoms with Crippen LogP contribution in [0.1, 0.15) is 18.1 Å². The quantitative estimate of drug-likeness (QED) is 0.489. The lowest BCUT2D eigenvalue weighted by Gasteiger charge is -2.11. The van der Waals surface area contributed by atoms with Crippen LogP contribution in [0.4, 0.5) is 16.2 Å². The van der Waals surface area contributed by atoms with E-state index in [-0.39, 0.29) is 24.5 Å². The average Bonchev–Trinajstić information content (AvgIpc) is 2.59. The van der Waals surface area contributed by atoms with E-state index in [9.17, 15) is 19.7 Å². The van der Waals surface area contributed by atoms with Gasteiger partial charge in [-0.1, -0.05) is 30.3 Å². The molecule has 0 saturated heterocycles. The number of benzene rings is 2. The number of nitro groups is 1. The van der Waals surface area contributed by atoms with Gasteiger partial charge in [-0.2, -0.15) is 0 Å². The second kappa shape index (κ2) is 8.44. The Morgan fingerprint density at radius 3 is 2.28 bits per heavy atom. The van der Waals surface area contributed by atoms with Gasteiger partial charge in [-0.15, -0.1) is 0 Å². The summed E-state index contributed by atoms with van der Waals surface area (Å²) in [5.41, 5.74) is 1.19. The third kappa shape index (κ3) is 5.31. The van der Waals surface area contributed by atoms with Gasteiger partial charge in [0.15, 0.2) is 0 Å². The SMILES string of the molecule is CC(=O)OCc1ccccc1NC(=O)OCc1ccccc1[N+](=O)[O-]. The third-order valence-corrected chi connectivity index (χ3v) is 3.23. The molecule has 1 N–H and O–H groups in total. The highest BCUT2D eigenvalue weighted by atomic mass is 16.6. The Balaban J connectivity index is 1.99.